The lowest BCUT2D eigenvalue weighted by atomic mass is 10.1. The third kappa shape index (κ3) is 6.48. The molecule has 0 aliphatic heterocycles. The summed E-state index contributed by atoms with van der Waals surface area (Å²) >= 11 is 0. The Kier molecular flexibility index (Phi) is 7.91. The number of aryl methyl sites for hydroxylation is 1. The van der Waals surface area contributed by atoms with Gasteiger partial charge in [0, 0.05) is 51.8 Å². The van der Waals surface area contributed by atoms with Gasteiger partial charge in [-0.25, -0.2) is 0 Å². The van der Waals surface area contributed by atoms with Gasteiger partial charge in [-0.05, 0) is 48.7 Å². The Morgan fingerprint density at radius 3 is 2.48 bits per heavy atom. The molecule has 0 unspecified atom stereocenters. The predicted molar refractivity (Wildman–Crippen MR) is 118 cm³/mol. The number of ether oxygens (including phenoxy) is 2. The van der Waals surface area contributed by atoms with Gasteiger partial charge in [0.25, 0.3) is 0 Å². The van der Waals surface area contributed by atoms with Crippen LogP contribution < -0.4 is 4.74 Å². The van der Waals surface area contributed by atoms with Crippen LogP contribution >= 0.6 is 0 Å². The number of hydrogen-bond acceptors (Lipinski definition) is 3. The monoisotopic (exact) mass is 392 g/mol. The number of aromatic nitrogens is 1. The molecule has 0 saturated carbocycles. The SMILES string of the molecule is COCCCN(Cc1ccc(C)cc1)Cc1cccn1Cc1cccc(OC)c1. The van der Waals surface area contributed by atoms with Crippen molar-refractivity contribution < 1.29 is 9.47 Å². The first kappa shape index (κ1) is 21.2. The van der Waals surface area contributed by atoms with Gasteiger partial charge in [0.05, 0.1) is 7.11 Å². The number of nitrogens with zero attached hydrogens (tertiary/aromatic N) is 2. The highest BCUT2D eigenvalue weighted by Crippen LogP contribution is 2.17. The van der Waals surface area contributed by atoms with Crippen LogP contribution in [-0.2, 0) is 24.4 Å². The second-order valence-electron chi connectivity index (χ2n) is 7.52. The average Bonchev–Trinajstić information content (AvgIpc) is 3.16. The molecule has 0 N–H and O–H groups in total. The molecule has 3 rings (SSSR count). The summed E-state index contributed by atoms with van der Waals surface area (Å²) in [7, 11) is 3.48. The Hall–Kier alpha value is -2.56. The normalized spacial score (nSPS) is 11.2. The molecule has 29 heavy (non-hydrogen) atoms. The van der Waals surface area contributed by atoms with Crippen LogP contribution in [0.5, 0.6) is 5.75 Å². The maximum atomic E-state index is 5.37. The summed E-state index contributed by atoms with van der Waals surface area (Å²) in [4.78, 5) is 2.50. The first-order valence-electron chi connectivity index (χ1n) is 10.2. The molecular weight excluding hydrogens is 360 g/mol. The van der Waals surface area contributed by atoms with Crippen LogP contribution in [0.4, 0.5) is 0 Å². The van der Waals surface area contributed by atoms with E-state index in [4.69, 9.17) is 9.47 Å². The predicted octanol–water partition coefficient (Wildman–Crippen LogP) is 4.89. The minimum atomic E-state index is 0.787. The van der Waals surface area contributed by atoms with E-state index in [9.17, 15) is 0 Å². The Balaban J connectivity index is 1.71. The van der Waals surface area contributed by atoms with Crippen molar-refractivity contribution in [2.24, 2.45) is 0 Å². The molecule has 0 fully saturated rings. The minimum Gasteiger partial charge on any atom is -0.497 e. The van der Waals surface area contributed by atoms with Crippen molar-refractivity contribution in [3.63, 3.8) is 0 Å². The highest BCUT2D eigenvalue weighted by atomic mass is 16.5. The van der Waals surface area contributed by atoms with Crippen LogP contribution in [0, 0.1) is 6.92 Å². The van der Waals surface area contributed by atoms with Crippen molar-refractivity contribution in [2.75, 3.05) is 27.4 Å². The van der Waals surface area contributed by atoms with Gasteiger partial charge in [-0.3, -0.25) is 4.90 Å². The molecule has 1 heterocycles. The van der Waals surface area contributed by atoms with E-state index in [0.29, 0.717) is 0 Å². The number of hydrogen-bond donors (Lipinski definition) is 0. The molecular formula is C25H32N2O2. The van der Waals surface area contributed by atoms with E-state index in [1.807, 2.05) is 12.1 Å². The molecule has 4 heteroatoms. The lowest BCUT2D eigenvalue weighted by Crippen LogP contribution is -2.26. The highest BCUT2D eigenvalue weighted by molar-refractivity contribution is 5.29. The van der Waals surface area contributed by atoms with E-state index in [1.54, 1.807) is 14.2 Å². The first-order chi connectivity index (χ1) is 14.2. The Morgan fingerprint density at radius 1 is 0.897 bits per heavy atom. The van der Waals surface area contributed by atoms with Gasteiger partial charge in [0.15, 0.2) is 0 Å². The van der Waals surface area contributed by atoms with E-state index in [1.165, 1.54) is 22.4 Å². The van der Waals surface area contributed by atoms with Gasteiger partial charge >= 0.3 is 0 Å². The number of methoxy groups -OCH3 is 2. The van der Waals surface area contributed by atoms with Crippen LogP contribution in [0.25, 0.3) is 0 Å². The number of benzene rings is 2. The molecule has 0 amide bonds. The fraction of sp³-hybridized carbons (Fsp3) is 0.360. The quantitative estimate of drug-likeness (QED) is 0.435. The first-order valence-corrected chi connectivity index (χ1v) is 10.2. The van der Waals surface area contributed by atoms with E-state index in [0.717, 1.165) is 45.0 Å². The molecule has 0 aliphatic rings. The van der Waals surface area contributed by atoms with Crippen molar-refractivity contribution in [3.05, 3.63) is 89.2 Å². The molecule has 0 aliphatic carbocycles. The fourth-order valence-corrected chi connectivity index (χ4v) is 3.54. The number of rotatable bonds is 11. The Bertz CT molecular complexity index is 871. The van der Waals surface area contributed by atoms with E-state index in [2.05, 4.69) is 71.1 Å². The largest absolute Gasteiger partial charge is 0.497 e. The van der Waals surface area contributed by atoms with Gasteiger partial charge in [0.2, 0.25) is 0 Å². The minimum absolute atomic E-state index is 0.787. The van der Waals surface area contributed by atoms with Crippen LogP contribution in [0.1, 0.15) is 28.8 Å². The third-order valence-electron chi connectivity index (χ3n) is 5.15. The summed E-state index contributed by atoms with van der Waals surface area (Å²) in [6.45, 7) is 6.62. The molecule has 0 spiro atoms. The van der Waals surface area contributed by atoms with Gasteiger partial charge in [-0.15, -0.1) is 0 Å². The van der Waals surface area contributed by atoms with Crippen LogP contribution in [0.15, 0.2) is 66.9 Å². The summed E-state index contributed by atoms with van der Waals surface area (Å²) in [5, 5.41) is 0. The standard InChI is InChI=1S/C25H32N2O2/c1-21-10-12-22(13-11-21)18-26(14-6-16-28-2)20-24-8-5-15-27(24)19-23-7-4-9-25(17-23)29-3/h4-5,7-13,15,17H,6,14,16,18-20H2,1-3H3. The lowest BCUT2D eigenvalue weighted by molar-refractivity contribution is 0.165. The smallest absolute Gasteiger partial charge is 0.119 e. The molecule has 3 aromatic rings. The summed E-state index contributed by atoms with van der Waals surface area (Å²) in [6.07, 6.45) is 3.19. The molecule has 1 aromatic heterocycles. The molecule has 0 saturated heterocycles. The average molecular weight is 393 g/mol. The van der Waals surface area contributed by atoms with Crippen LogP contribution in [-0.4, -0.2) is 36.8 Å². The zero-order chi connectivity index (χ0) is 20.5. The fourth-order valence-electron chi connectivity index (χ4n) is 3.54. The lowest BCUT2D eigenvalue weighted by Gasteiger charge is -2.23. The summed E-state index contributed by atoms with van der Waals surface area (Å²) in [5.74, 6) is 0.900. The second-order valence-corrected chi connectivity index (χ2v) is 7.52. The molecule has 0 radical (unpaired) electrons. The van der Waals surface area contributed by atoms with E-state index < -0.39 is 0 Å². The second kappa shape index (κ2) is 10.8. The third-order valence-corrected chi connectivity index (χ3v) is 5.15. The Labute approximate surface area is 174 Å². The van der Waals surface area contributed by atoms with Gasteiger partial charge < -0.3 is 14.0 Å². The van der Waals surface area contributed by atoms with E-state index >= 15 is 0 Å². The molecule has 0 bridgehead atoms. The Morgan fingerprint density at radius 2 is 1.72 bits per heavy atom. The van der Waals surface area contributed by atoms with Crippen LogP contribution in [0.2, 0.25) is 0 Å². The molecule has 0 atom stereocenters. The van der Waals surface area contributed by atoms with Crippen molar-refractivity contribution in [1.82, 2.24) is 9.47 Å². The highest BCUT2D eigenvalue weighted by Gasteiger charge is 2.11. The van der Waals surface area contributed by atoms with Gasteiger partial charge in [-0.2, -0.15) is 0 Å². The van der Waals surface area contributed by atoms with Crippen LogP contribution in [0.3, 0.4) is 0 Å². The summed E-state index contributed by atoms with van der Waals surface area (Å²) in [6, 6.07) is 21.5. The van der Waals surface area contributed by atoms with Crippen molar-refractivity contribution in [2.45, 2.75) is 33.0 Å². The zero-order valence-electron chi connectivity index (χ0n) is 17.8. The van der Waals surface area contributed by atoms with E-state index in [-0.39, 0.29) is 0 Å². The molecule has 4 nitrogen and oxygen atoms in total. The van der Waals surface area contributed by atoms with Gasteiger partial charge in [-0.1, -0.05) is 42.0 Å². The van der Waals surface area contributed by atoms with Crippen molar-refractivity contribution in [1.29, 1.82) is 0 Å². The van der Waals surface area contributed by atoms with Crippen molar-refractivity contribution >= 4 is 0 Å². The van der Waals surface area contributed by atoms with Gasteiger partial charge in [0.1, 0.15) is 5.75 Å². The van der Waals surface area contributed by atoms with Crippen molar-refractivity contribution in [3.8, 4) is 5.75 Å². The summed E-state index contributed by atoms with van der Waals surface area (Å²) in [5.41, 5.74) is 5.20. The topological polar surface area (TPSA) is 26.6 Å². The molecule has 2 aromatic carbocycles. The maximum Gasteiger partial charge on any atom is 0.119 e. The molecule has 154 valence electrons. The maximum absolute atomic E-state index is 5.37. The zero-order valence-corrected chi connectivity index (χ0v) is 17.8. The summed E-state index contributed by atoms with van der Waals surface area (Å²) < 4.78 is 13.0.